The average Bonchev–Trinajstić information content (AvgIpc) is 3.33. The molecule has 0 unspecified atom stereocenters. The molecule has 2 heteroatoms. The van der Waals surface area contributed by atoms with Gasteiger partial charge in [-0.3, -0.25) is 0 Å². The van der Waals surface area contributed by atoms with Crippen LogP contribution in [0.5, 0.6) is 0 Å². The van der Waals surface area contributed by atoms with Gasteiger partial charge in [0, 0.05) is 22.3 Å². The van der Waals surface area contributed by atoms with Crippen LogP contribution in [0.4, 0.5) is 0 Å². The Hall–Kier alpha value is -6.47. The lowest BCUT2D eigenvalue weighted by Crippen LogP contribution is -2.43. The number of fused-ring (bicyclic) bond motifs is 8. The van der Waals surface area contributed by atoms with Crippen molar-refractivity contribution in [3.63, 3.8) is 0 Å². The minimum atomic E-state index is -2.09. The Balaban J connectivity index is 1.37. The molecule has 0 aliphatic rings. The van der Waals surface area contributed by atoms with Gasteiger partial charge in [0.1, 0.15) is 8.07 Å². The number of hydrogen-bond acceptors (Lipinski definition) is 0. The minimum absolute atomic E-state index is 0.464. The molecule has 0 heterocycles. The second-order valence-electron chi connectivity index (χ2n) is 21.5. The fourth-order valence-corrected chi connectivity index (χ4v) is 22.0. The van der Waals surface area contributed by atoms with Gasteiger partial charge >= 0.3 is 0 Å². The highest BCUT2D eigenvalue weighted by Gasteiger charge is 2.42. The van der Waals surface area contributed by atoms with E-state index in [2.05, 4.69) is 263 Å². The summed E-state index contributed by atoms with van der Waals surface area (Å²) < 4.78 is 0. The fraction of sp³-hybridized carbons (Fsp3) is 0.265. The number of benzene rings is 10. The molecule has 0 saturated carbocycles. The van der Waals surface area contributed by atoms with Gasteiger partial charge in [0.2, 0.25) is 0 Å². The summed E-state index contributed by atoms with van der Waals surface area (Å²) in [6.45, 7) is 28.8. The van der Waals surface area contributed by atoms with Crippen LogP contribution < -0.4 is 0 Å². The van der Waals surface area contributed by atoms with Gasteiger partial charge in [-0.2, -0.15) is 10.0 Å². The van der Waals surface area contributed by atoms with Crippen LogP contribution in [-0.2, 0) is 0 Å². The molecule has 0 saturated heterocycles. The van der Waals surface area contributed by atoms with Crippen molar-refractivity contribution in [2.45, 2.75) is 115 Å². The Bertz CT molecular complexity index is 3450. The van der Waals surface area contributed by atoms with Gasteiger partial charge in [-0.15, -0.1) is 5.54 Å². The van der Waals surface area contributed by atoms with E-state index in [0.717, 1.165) is 54.6 Å². The van der Waals surface area contributed by atoms with Crippen LogP contribution >= 0.6 is 10.0 Å². The van der Waals surface area contributed by atoms with E-state index in [1.54, 1.807) is 0 Å². The number of hydrogen-bond donors (Lipinski definition) is 0. The summed E-state index contributed by atoms with van der Waals surface area (Å²) in [5.41, 5.74) is 10.0. The highest BCUT2D eigenvalue weighted by atomic mass is 32.3. The lowest BCUT2D eigenvalue weighted by Gasteiger charge is -2.46. The van der Waals surface area contributed by atoms with Crippen molar-refractivity contribution in [1.82, 2.24) is 0 Å². The third-order valence-electron chi connectivity index (χ3n) is 16.0. The van der Waals surface area contributed by atoms with Gasteiger partial charge in [-0.25, -0.2) is 0 Å². The lowest BCUT2D eigenvalue weighted by atomic mass is 9.87. The predicted molar refractivity (Wildman–Crippen MR) is 317 cm³/mol. The van der Waals surface area contributed by atoms with Crippen molar-refractivity contribution < 1.29 is 0 Å². The van der Waals surface area contributed by atoms with Gasteiger partial charge in [0.05, 0.1) is 0 Å². The smallest absolute Gasteiger partial charge is 0.146 e. The topological polar surface area (TPSA) is 0 Å². The second-order valence-corrected chi connectivity index (χ2v) is 31.6. The number of rotatable bonds is 6. The van der Waals surface area contributed by atoms with Crippen molar-refractivity contribution >= 4 is 104 Å². The molecule has 10 rings (SSSR count). The molecular formula is C68H66SSi. The maximum absolute atomic E-state index is 4.16. The standard InChI is InChI=1S/C68H66SSi/c1-43(2)69(44(3)4,45(5)6)33-31-59-65-39-53-25-17-13-21-49(53)35-61(65)57(62-36-50-22-14-18-26-54(50)40-66(59)62)29-30-58-63-37-51-23-15-19-27-55(51)41-67(63)60(32-34-70(46(7)8,47(9)10)48(11)12)68-42-56-28-20-16-24-52(56)38-64(58)68/h13-28,35-48H,1-12H3. The van der Waals surface area contributed by atoms with Gasteiger partial charge in [-0.05, 0) is 172 Å². The van der Waals surface area contributed by atoms with E-state index >= 15 is 0 Å². The largest absolute Gasteiger partial charge is 0.170 e. The first-order chi connectivity index (χ1) is 33.6. The zero-order valence-electron chi connectivity index (χ0n) is 43.2. The average molecular weight is 943 g/mol. The molecule has 0 atom stereocenters. The van der Waals surface area contributed by atoms with E-state index in [0.29, 0.717) is 32.4 Å². The Morgan fingerprint density at radius 3 is 0.729 bits per heavy atom. The highest BCUT2D eigenvalue weighted by molar-refractivity contribution is 8.38. The summed E-state index contributed by atoms with van der Waals surface area (Å²) in [4.78, 5) is 0. The third-order valence-corrected chi connectivity index (χ3v) is 27.4. The Morgan fingerprint density at radius 1 is 0.300 bits per heavy atom. The molecular weight excluding hydrogens is 877 g/mol. The molecule has 0 aliphatic carbocycles. The first-order valence-electron chi connectivity index (χ1n) is 25.6. The van der Waals surface area contributed by atoms with Gasteiger partial charge in [0.15, 0.2) is 0 Å². The molecule has 348 valence electrons. The summed E-state index contributed by atoms with van der Waals surface area (Å²) in [7, 11) is -3.41. The predicted octanol–water partition coefficient (Wildman–Crippen LogP) is 19.2. The molecule has 0 nitrogen and oxygen atoms in total. The summed E-state index contributed by atoms with van der Waals surface area (Å²) >= 11 is 0. The van der Waals surface area contributed by atoms with E-state index in [1.165, 1.54) is 53.9 Å². The van der Waals surface area contributed by atoms with Crippen molar-refractivity contribution in [1.29, 1.82) is 0 Å². The molecule has 0 fully saturated rings. The molecule has 0 N–H and O–H groups in total. The molecule has 70 heavy (non-hydrogen) atoms. The van der Waals surface area contributed by atoms with Crippen molar-refractivity contribution in [2.75, 3.05) is 0 Å². The molecule has 0 spiro atoms. The van der Waals surface area contributed by atoms with Crippen LogP contribution in [-0.4, -0.2) is 23.8 Å². The van der Waals surface area contributed by atoms with Gasteiger partial charge in [-0.1, -0.05) is 204 Å². The van der Waals surface area contributed by atoms with Crippen molar-refractivity contribution in [3.8, 4) is 34.5 Å². The zero-order chi connectivity index (χ0) is 49.2. The van der Waals surface area contributed by atoms with Gasteiger partial charge in [0.25, 0.3) is 0 Å². The Morgan fingerprint density at radius 2 is 0.514 bits per heavy atom. The molecule has 0 aliphatic heterocycles. The lowest BCUT2D eigenvalue weighted by molar-refractivity contribution is 0.838. The summed E-state index contributed by atoms with van der Waals surface area (Å²) in [6, 6.07) is 54.2. The molecule has 10 aromatic rings. The van der Waals surface area contributed by atoms with E-state index < -0.39 is 18.1 Å². The Labute approximate surface area is 419 Å². The maximum atomic E-state index is 4.16. The van der Waals surface area contributed by atoms with Crippen LogP contribution in [0.3, 0.4) is 0 Å². The van der Waals surface area contributed by atoms with E-state index in [9.17, 15) is 0 Å². The van der Waals surface area contributed by atoms with Crippen molar-refractivity contribution in [3.05, 3.63) is 168 Å². The highest BCUT2D eigenvalue weighted by Crippen LogP contribution is 2.59. The minimum Gasteiger partial charge on any atom is -0.170 e. The monoisotopic (exact) mass is 942 g/mol. The molecule has 0 aromatic heterocycles. The zero-order valence-corrected chi connectivity index (χ0v) is 45.0. The summed E-state index contributed by atoms with van der Waals surface area (Å²) in [5, 5.41) is 24.4. The molecule has 0 radical (unpaired) electrons. The SMILES string of the molecule is CC(C)[Si](C#Cc1c2cc3ccccc3cc2c(C#Cc2c3cc4ccccc4cc3c(C#CS(C(C)C)(C(C)C)C(C)C)c3cc4ccccc4cc23)c2cc3ccccc3cc12)(C(C)C)C(C)C. The van der Waals surface area contributed by atoms with Crippen molar-refractivity contribution in [2.24, 2.45) is 0 Å². The second kappa shape index (κ2) is 18.4. The molecule has 0 amide bonds. The molecule has 10 aromatic carbocycles. The van der Waals surface area contributed by atoms with Crippen LogP contribution in [0.1, 0.15) is 105 Å². The first-order valence-corrected chi connectivity index (χ1v) is 29.7. The fourth-order valence-electron chi connectivity index (χ4n) is 12.6. The maximum Gasteiger partial charge on any atom is 0.146 e. The normalized spacial score (nSPS) is 12.7. The van der Waals surface area contributed by atoms with Crippen LogP contribution in [0, 0.1) is 34.5 Å². The van der Waals surface area contributed by atoms with Gasteiger partial charge < -0.3 is 0 Å². The van der Waals surface area contributed by atoms with Crippen LogP contribution in [0.25, 0.3) is 86.2 Å². The van der Waals surface area contributed by atoms with E-state index in [1.807, 2.05) is 0 Å². The van der Waals surface area contributed by atoms with Crippen LogP contribution in [0.15, 0.2) is 146 Å². The Kier molecular flexibility index (Phi) is 12.4. The third kappa shape index (κ3) is 7.75. The van der Waals surface area contributed by atoms with E-state index in [4.69, 9.17) is 0 Å². The quantitative estimate of drug-likeness (QED) is 0.0885. The van der Waals surface area contributed by atoms with Crippen LogP contribution in [0.2, 0.25) is 16.6 Å². The summed E-state index contributed by atoms with van der Waals surface area (Å²) in [6.07, 6.45) is 0. The molecule has 0 bridgehead atoms. The summed E-state index contributed by atoms with van der Waals surface area (Å²) in [5.74, 6) is 16.1. The first kappa shape index (κ1) is 47.2. The van der Waals surface area contributed by atoms with E-state index in [-0.39, 0.29) is 0 Å².